The second-order valence-electron chi connectivity index (χ2n) is 7.50. The molecule has 2 aliphatic carbocycles. The predicted molar refractivity (Wildman–Crippen MR) is 118 cm³/mol. The third-order valence-corrected chi connectivity index (χ3v) is 7.81. The summed E-state index contributed by atoms with van der Waals surface area (Å²) in [4.78, 5) is 22.8. The van der Waals surface area contributed by atoms with Gasteiger partial charge in [-0.15, -0.1) is 0 Å². The first-order valence-corrected chi connectivity index (χ1v) is 12.2. The summed E-state index contributed by atoms with van der Waals surface area (Å²) < 4.78 is 69.9. The van der Waals surface area contributed by atoms with Crippen molar-refractivity contribution in [3.63, 3.8) is 0 Å². The number of allylic oxidation sites excluding steroid dienone is 1. The Kier molecular flexibility index (Phi) is 4.98. The lowest BCUT2D eigenvalue weighted by Gasteiger charge is -2.40. The minimum absolute atomic E-state index is 0.0197. The van der Waals surface area contributed by atoms with E-state index >= 15 is 0 Å². The van der Waals surface area contributed by atoms with Crippen LogP contribution in [0, 0.1) is 0 Å². The summed E-state index contributed by atoms with van der Waals surface area (Å²) in [5, 5.41) is 2.46. The first kappa shape index (κ1) is 22.7. The number of nitrogens with one attached hydrogen (secondary N) is 1. The summed E-state index contributed by atoms with van der Waals surface area (Å²) in [6.45, 7) is 0. The second-order valence-corrected chi connectivity index (χ2v) is 10.6. The van der Waals surface area contributed by atoms with Gasteiger partial charge in [0, 0.05) is 28.9 Å². The maximum atomic E-state index is 13.5. The van der Waals surface area contributed by atoms with Crippen molar-refractivity contribution < 1.29 is 35.5 Å². The smallest absolute Gasteiger partial charge is 0.294 e. The van der Waals surface area contributed by atoms with Gasteiger partial charge in [0.05, 0.1) is 21.7 Å². The Bertz CT molecular complexity index is 1520. The lowest BCUT2D eigenvalue weighted by atomic mass is 9.76. The van der Waals surface area contributed by atoms with E-state index in [0.717, 1.165) is 0 Å². The standard InChI is InChI=1S/C20H17N3O8S2/c21-10-4-3-5-11(8-10)23-20(33(29,30)31)9-14(32(26,27)28)17(22)15-16(20)19(25)13-7-2-1-6-12(13)18(15)24/h1-8,23H,9,21-22H2,(H,26,27,28)(H,29,30,31). The Labute approximate surface area is 188 Å². The predicted octanol–water partition coefficient (Wildman–Crippen LogP) is 1.10. The molecular formula is C20H17N3O8S2. The molecule has 0 heterocycles. The highest BCUT2D eigenvalue weighted by Crippen LogP contribution is 2.47. The van der Waals surface area contributed by atoms with Gasteiger partial charge in [-0.1, -0.05) is 30.3 Å². The molecule has 0 bridgehead atoms. The Hall–Kier alpha value is -3.52. The first-order valence-electron chi connectivity index (χ1n) is 9.28. The highest BCUT2D eigenvalue weighted by Gasteiger charge is 2.58. The molecule has 0 aromatic heterocycles. The highest BCUT2D eigenvalue weighted by atomic mass is 32.2. The van der Waals surface area contributed by atoms with Crippen LogP contribution in [0.25, 0.3) is 0 Å². The van der Waals surface area contributed by atoms with E-state index in [2.05, 4.69) is 5.32 Å². The van der Waals surface area contributed by atoms with Crippen molar-refractivity contribution in [3.05, 3.63) is 81.4 Å². The maximum Gasteiger partial charge on any atom is 0.294 e. The third-order valence-electron chi connectivity index (χ3n) is 5.49. The molecule has 13 heteroatoms. The molecule has 1 unspecified atom stereocenters. The number of ketones is 2. The third kappa shape index (κ3) is 3.41. The number of hydrogen-bond acceptors (Lipinski definition) is 9. The molecule has 0 saturated heterocycles. The van der Waals surface area contributed by atoms with Crippen LogP contribution in [0.3, 0.4) is 0 Å². The van der Waals surface area contributed by atoms with Crippen LogP contribution in [-0.2, 0) is 20.2 Å². The Balaban J connectivity index is 2.13. The van der Waals surface area contributed by atoms with Crippen molar-refractivity contribution in [2.75, 3.05) is 11.1 Å². The molecule has 7 N–H and O–H groups in total. The summed E-state index contributed by atoms with van der Waals surface area (Å²) in [6, 6.07) is 11.0. The number of fused-ring (bicyclic) bond motifs is 1. The number of carbonyl (C=O) groups excluding carboxylic acids is 2. The van der Waals surface area contributed by atoms with Crippen LogP contribution in [-0.4, -0.2) is 42.4 Å². The zero-order valence-corrected chi connectivity index (χ0v) is 18.3. The van der Waals surface area contributed by atoms with Gasteiger partial charge in [0.25, 0.3) is 20.2 Å². The number of carbonyl (C=O) groups is 2. The van der Waals surface area contributed by atoms with Crippen molar-refractivity contribution in [3.8, 4) is 0 Å². The topological polar surface area (TPSA) is 207 Å². The molecule has 0 fully saturated rings. The van der Waals surface area contributed by atoms with Crippen LogP contribution in [0.5, 0.6) is 0 Å². The molecule has 172 valence electrons. The molecule has 2 aliphatic rings. The molecule has 33 heavy (non-hydrogen) atoms. The minimum Gasteiger partial charge on any atom is -0.399 e. The van der Waals surface area contributed by atoms with Crippen molar-refractivity contribution in [2.24, 2.45) is 5.73 Å². The van der Waals surface area contributed by atoms with E-state index < -0.39 is 64.8 Å². The number of Topliss-reactive ketones (excluding diaryl/α,β-unsaturated/α-hetero) is 2. The molecular weight excluding hydrogens is 474 g/mol. The number of anilines is 2. The van der Waals surface area contributed by atoms with Gasteiger partial charge in [-0.2, -0.15) is 16.8 Å². The SMILES string of the molecule is NC1=C(S(=O)(=O)O)CC(Nc2cccc(N)c2)(S(=O)(=O)O)C2=C1C(=O)c1ccccc1C2=O. The molecule has 4 rings (SSSR count). The van der Waals surface area contributed by atoms with Crippen LogP contribution in [0.4, 0.5) is 11.4 Å². The summed E-state index contributed by atoms with van der Waals surface area (Å²) in [7, 11) is -10.6. The second kappa shape index (κ2) is 7.25. The van der Waals surface area contributed by atoms with Gasteiger partial charge >= 0.3 is 0 Å². The van der Waals surface area contributed by atoms with Gasteiger partial charge in [0.2, 0.25) is 4.87 Å². The van der Waals surface area contributed by atoms with Gasteiger partial charge in [0.1, 0.15) is 0 Å². The molecule has 11 nitrogen and oxygen atoms in total. The van der Waals surface area contributed by atoms with Crippen LogP contribution in [0.15, 0.2) is 70.3 Å². The van der Waals surface area contributed by atoms with Crippen LogP contribution in [0.1, 0.15) is 27.1 Å². The number of hydrogen-bond donors (Lipinski definition) is 5. The summed E-state index contributed by atoms with van der Waals surface area (Å²) in [5.41, 5.74) is 9.19. The Morgan fingerprint density at radius 3 is 2.03 bits per heavy atom. The molecule has 0 amide bonds. The van der Waals surface area contributed by atoms with E-state index in [-0.39, 0.29) is 22.5 Å². The first-order chi connectivity index (χ1) is 15.3. The average Bonchev–Trinajstić information content (AvgIpc) is 2.71. The monoisotopic (exact) mass is 491 g/mol. The van der Waals surface area contributed by atoms with Crippen molar-refractivity contribution >= 4 is 43.2 Å². The number of nitrogens with two attached hydrogens (primary N) is 2. The van der Waals surface area contributed by atoms with Gasteiger partial charge in [-0.25, -0.2) is 0 Å². The molecule has 0 saturated carbocycles. The van der Waals surface area contributed by atoms with Crippen LogP contribution in [0.2, 0.25) is 0 Å². The van der Waals surface area contributed by atoms with Crippen molar-refractivity contribution in [2.45, 2.75) is 11.3 Å². The fraction of sp³-hybridized carbons (Fsp3) is 0.100. The maximum absolute atomic E-state index is 13.5. The van der Waals surface area contributed by atoms with Gasteiger partial charge in [0.15, 0.2) is 11.6 Å². The normalized spacial score (nSPS) is 21.0. The van der Waals surface area contributed by atoms with E-state index in [9.17, 15) is 35.5 Å². The van der Waals surface area contributed by atoms with Crippen molar-refractivity contribution in [1.29, 1.82) is 0 Å². The summed E-state index contributed by atoms with van der Waals surface area (Å²) in [6.07, 6.45) is -1.18. The fourth-order valence-electron chi connectivity index (χ4n) is 4.04. The van der Waals surface area contributed by atoms with Crippen LogP contribution < -0.4 is 16.8 Å². The lowest BCUT2D eigenvalue weighted by Crippen LogP contribution is -2.55. The number of nitrogen functional groups attached to an aromatic ring is 1. The lowest BCUT2D eigenvalue weighted by molar-refractivity contribution is 0.0968. The molecule has 1 atom stereocenters. The van der Waals surface area contributed by atoms with E-state index in [4.69, 9.17) is 11.5 Å². The highest BCUT2D eigenvalue weighted by molar-refractivity contribution is 7.90. The Morgan fingerprint density at radius 2 is 1.48 bits per heavy atom. The fourth-order valence-corrected chi connectivity index (χ4v) is 5.93. The average molecular weight is 492 g/mol. The molecule has 0 radical (unpaired) electrons. The van der Waals surface area contributed by atoms with E-state index in [0.29, 0.717) is 0 Å². The molecule has 0 aliphatic heterocycles. The van der Waals surface area contributed by atoms with Gasteiger partial charge in [-0.05, 0) is 18.2 Å². The van der Waals surface area contributed by atoms with E-state index in [1.807, 2.05) is 0 Å². The van der Waals surface area contributed by atoms with Gasteiger partial charge < -0.3 is 16.8 Å². The summed E-state index contributed by atoms with van der Waals surface area (Å²) >= 11 is 0. The molecule has 2 aromatic rings. The Morgan fingerprint density at radius 1 is 0.879 bits per heavy atom. The minimum atomic E-state index is -5.39. The zero-order chi connectivity index (χ0) is 24.3. The van der Waals surface area contributed by atoms with E-state index in [1.54, 1.807) is 0 Å². The summed E-state index contributed by atoms with van der Waals surface area (Å²) in [5.74, 6) is -1.91. The van der Waals surface area contributed by atoms with E-state index in [1.165, 1.54) is 48.5 Å². The number of benzene rings is 2. The number of rotatable bonds is 4. The van der Waals surface area contributed by atoms with Gasteiger partial charge in [-0.3, -0.25) is 18.7 Å². The largest absolute Gasteiger partial charge is 0.399 e. The zero-order valence-electron chi connectivity index (χ0n) is 16.6. The quantitative estimate of drug-likeness (QED) is 0.302. The molecule has 0 spiro atoms. The molecule has 2 aromatic carbocycles. The van der Waals surface area contributed by atoms with Crippen molar-refractivity contribution in [1.82, 2.24) is 0 Å². The van der Waals surface area contributed by atoms with Crippen LogP contribution >= 0.6 is 0 Å².